The lowest BCUT2D eigenvalue weighted by Crippen LogP contribution is -2.30. The third-order valence-corrected chi connectivity index (χ3v) is 4.16. The second kappa shape index (κ2) is 6.81. The Kier molecular flexibility index (Phi) is 4.76. The number of hydrogen-bond donors (Lipinski definition) is 0. The van der Waals surface area contributed by atoms with Crippen LogP contribution in [0.25, 0.3) is 0 Å². The zero-order valence-corrected chi connectivity index (χ0v) is 14.7. The summed E-state index contributed by atoms with van der Waals surface area (Å²) in [6.45, 7) is 6.33. The first-order chi connectivity index (χ1) is 11.5. The number of ether oxygens (including phenoxy) is 1. The van der Waals surface area contributed by atoms with E-state index < -0.39 is 0 Å². The lowest BCUT2D eigenvalue weighted by molar-refractivity contribution is 0.0714. The molecule has 0 N–H and O–H groups in total. The average molecular weight is 350 g/mol. The summed E-state index contributed by atoms with van der Waals surface area (Å²) in [5, 5.41) is 4.25. The number of nitrogens with zero attached hydrogens (tertiary/aromatic N) is 3. The predicted molar refractivity (Wildman–Crippen MR) is 89.3 cm³/mol. The summed E-state index contributed by atoms with van der Waals surface area (Å²) in [5.41, 5.74) is 1.25. The molecule has 0 spiro atoms. The van der Waals surface area contributed by atoms with Crippen molar-refractivity contribution in [2.24, 2.45) is 0 Å². The molecule has 0 aliphatic carbocycles. The molecule has 3 heterocycles. The van der Waals surface area contributed by atoms with Gasteiger partial charge in [0.25, 0.3) is 5.91 Å². The standard InChI is InChI=1S/C17H20ClN3O3/c1-10(2)23-16-13(18)8-12(9-19-16)17(22)21-6-4-5-14(21)15-7-11(3)20-24-15/h7-10,14H,4-6H2,1-3H3/t14-/m1/s1. The molecule has 128 valence electrons. The Balaban J connectivity index is 1.81. The zero-order chi connectivity index (χ0) is 17.3. The SMILES string of the molecule is Cc1cc([C@H]2CCCN2C(=O)c2cnc(OC(C)C)c(Cl)c2)on1. The fraction of sp³-hybridized carbons (Fsp3) is 0.471. The summed E-state index contributed by atoms with van der Waals surface area (Å²) in [6.07, 6.45) is 3.25. The second-order valence-electron chi connectivity index (χ2n) is 6.20. The molecular weight excluding hydrogens is 330 g/mol. The van der Waals surface area contributed by atoms with Gasteiger partial charge < -0.3 is 14.2 Å². The summed E-state index contributed by atoms with van der Waals surface area (Å²) >= 11 is 6.19. The van der Waals surface area contributed by atoms with E-state index in [1.54, 1.807) is 11.0 Å². The maximum atomic E-state index is 12.8. The Hall–Kier alpha value is -2.08. The van der Waals surface area contributed by atoms with Crippen LogP contribution < -0.4 is 4.74 Å². The van der Waals surface area contributed by atoms with Crippen LogP contribution in [0.3, 0.4) is 0 Å². The molecule has 0 unspecified atom stereocenters. The number of hydrogen-bond acceptors (Lipinski definition) is 5. The third-order valence-electron chi connectivity index (χ3n) is 3.89. The lowest BCUT2D eigenvalue weighted by Gasteiger charge is -2.22. The van der Waals surface area contributed by atoms with Crippen LogP contribution >= 0.6 is 11.6 Å². The van der Waals surface area contributed by atoms with Gasteiger partial charge in [0.1, 0.15) is 5.02 Å². The quantitative estimate of drug-likeness (QED) is 0.839. The molecule has 24 heavy (non-hydrogen) atoms. The number of carbonyl (C=O) groups is 1. The van der Waals surface area contributed by atoms with Crippen LogP contribution in [0, 0.1) is 6.92 Å². The average Bonchev–Trinajstić information content (AvgIpc) is 3.16. The van der Waals surface area contributed by atoms with Crippen LogP contribution in [0.15, 0.2) is 22.9 Å². The van der Waals surface area contributed by atoms with Crippen LogP contribution in [0.1, 0.15) is 54.5 Å². The van der Waals surface area contributed by atoms with Crippen LogP contribution in [0.5, 0.6) is 5.88 Å². The second-order valence-corrected chi connectivity index (χ2v) is 6.61. The van der Waals surface area contributed by atoms with E-state index >= 15 is 0 Å². The zero-order valence-electron chi connectivity index (χ0n) is 14.0. The molecule has 0 radical (unpaired) electrons. The predicted octanol–water partition coefficient (Wildman–Crippen LogP) is 3.80. The largest absolute Gasteiger partial charge is 0.474 e. The molecule has 1 aliphatic rings. The number of amides is 1. The first-order valence-corrected chi connectivity index (χ1v) is 8.40. The Morgan fingerprint density at radius 1 is 1.46 bits per heavy atom. The number of likely N-dealkylation sites (tertiary alicyclic amines) is 1. The third kappa shape index (κ3) is 3.38. The van der Waals surface area contributed by atoms with E-state index in [1.807, 2.05) is 26.8 Å². The fourth-order valence-electron chi connectivity index (χ4n) is 2.86. The number of rotatable bonds is 4. The van der Waals surface area contributed by atoms with Crippen LogP contribution in [-0.4, -0.2) is 33.6 Å². The Morgan fingerprint density at radius 2 is 2.25 bits per heavy atom. The smallest absolute Gasteiger partial charge is 0.256 e. The molecule has 1 aliphatic heterocycles. The first kappa shape index (κ1) is 16.8. The molecule has 7 heteroatoms. The number of halogens is 1. The molecule has 1 amide bonds. The molecular formula is C17H20ClN3O3. The van der Waals surface area contributed by atoms with Crippen molar-refractivity contribution in [2.45, 2.75) is 45.8 Å². The molecule has 0 saturated carbocycles. The van der Waals surface area contributed by atoms with Gasteiger partial charge in [-0.1, -0.05) is 16.8 Å². The minimum absolute atomic E-state index is 0.0331. The number of pyridine rings is 1. The normalized spacial score (nSPS) is 17.5. The van der Waals surface area contributed by atoms with Gasteiger partial charge in [-0.3, -0.25) is 4.79 Å². The molecule has 1 fully saturated rings. The topological polar surface area (TPSA) is 68.5 Å². The Morgan fingerprint density at radius 3 is 2.88 bits per heavy atom. The van der Waals surface area contributed by atoms with Gasteiger partial charge in [0.15, 0.2) is 5.76 Å². The molecule has 0 bridgehead atoms. The number of carbonyl (C=O) groups excluding carboxylic acids is 1. The van der Waals surface area contributed by atoms with Crippen molar-refractivity contribution >= 4 is 17.5 Å². The highest BCUT2D eigenvalue weighted by Gasteiger charge is 2.33. The minimum Gasteiger partial charge on any atom is -0.474 e. The van der Waals surface area contributed by atoms with Gasteiger partial charge in [-0.25, -0.2) is 4.98 Å². The van der Waals surface area contributed by atoms with Crippen LogP contribution in [-0.2, 0) is 0 Å². The number of aromatic nitrogens is 2. The highest BCUT2D eigenvalue weighted by atomic mass is 35.5. The van der Waals surface area contributed by atoms with Crippen molar-refractivity contribution < 1.29 is 14.1 Å². The van der Waals surface area contributed by atoms with E-state index in [9.17, 15) is 4.79 Å². The van der Waals surface area contributed by atoms with Gasteiger partial charge in [0.05, 0.1) is 23.4 Å². The van der Waals surface area contributed by atoms with Crippen LogP contribution in [0.4, 0.5) is 0 Å². The highest BCUT2D eigenvalue weighted by Crippen LogP contribution is 2.34. The lowest BCUT2D eigenvalue weighted by atomic mass is 10.1. The molecule has 1 saturated heterocycles. The van der Waals surface area contributed by atoms with E-state index in [-0.39, 0.29) is 18.1 Å². The number of aryl methyl sites for hydroxylation is 1. The minimum atomic E-state index is -0.114. The maximum absolute atomic E-state index is 12.8. The molecule has 3 rings (SSSR count). The van der Waals surface area contributed by atoms with Gasteiger partial charge in [-0.05, 0) is 39.7 Å². The van der Waals surface area contributed by atoms with Gasteiger partial charge in [-0.2, -0.15) is 0 Å². The monoisotopic (exact) mass is 349 g/mol. The highest BCUT2D eigenvalue weighted by molar-refractivity contribution is 6.32. The van der Waals surface area contributed by atoms with Gasteiger partial charge in [0.2, 0.25) is 5.88 Å². The van der Waals surface area contributed by atoms with Gasteiger partial charge >= 0.3 is 0 Å². The molecule has 2 aromatic rings. The van der Waals surface area contributed by atoms with Crippen molar-refractivity contribution in [3.63, 3.8) is 0 Å². The van der Waals surface area contributed by atoms with Crippen molar-refractivity contribution in [3.05, 3.63) is 40.4 Å². The molecule has 6 nitrogen and oxygen atoms in total. The van der Waals surface area contributed by atoms with E-state index in [0.29, 0.717) is 23.0 Å². The van der Waals surface area contributed by atoms with E-state index in [2.05, 4.69) is 10.1 Å². The Labute approximate surface area is 145 Å². The summed E-state index contributed by atoms with van der Waals surface area (Å²) in [5.74, 6) is 0.946. The Bertz CT molecular complexity index is 744. The summed E-state index contributed by atoms with van der Waals surface area (Å²) in [6, 6.07) is 3.39. The van der Waals surface area contributed by atoms with Crippen molar-refractivity contribution in [2.75, 3.05) is 6.54 Å². The van der Waals surface area contributed by atoms with Crippen LogP contribution in [0.2, 0.25) is 5.02 Å². The van der Waals surface area contributed by atoms with Gasteiger partial charge in [0, 0.05) is 18.8 Å². The fourth-order valence-corrected chi connectivity index (χ4v) is 3.07. The summed E-state index contributed by atoms with van der Waals surface area (Å²) < 4.78 is 10.9. The maximum Gasteiger partial charge on any atom is 0.256 e. The molecule has 2 aromatic heterocycles. The summed E-state index contributed by atoms with van der Waals surface area (Å²) in [7, 11) is 0. The molecule has 0 aromatic carbocycles. The first-order valence-electron chi connectivity index (χ1n) is 8.02. The summed E-state index contributed by atoms with van der Waals surface area (Å²) in [4.78, 5) is 18.8. The molecule has 1 atom stereocenters. The van der Waals surface area contributed by atoms with E-state index in [1.165, 1.54) is 6.20 Å². The van der Waals surface area contributed by atoms with Crippen molar-refractivity contribution in [1.29, 1.82) is 0 Å². The van der Waals surface area contributed by atoms with Crippen molar-refractivity contribution in [3.8, 4) is 5.88 Å². The van der Waals surface area contributed by atoms with E-state index in [4.69, 9.17) is 20.9 Å². The van der Waals surface area contributed by atoms with Gasteiger partial charge in [-0.15, -0.1) is 0 Å². The van der Waals surface area contributed by atoms with Crippen molar-refractivity contribution in [1.82, 2.24) is 15.0 Å². The van der Waals surface area contributed by atoms with E-state index in [0.717, 1.165) is 24.3 Å².